The molecule has 0 radical (unpaired) electrons. The van der Waals surface area contributed by atoms with Crippen LogP contribution in [0.5, 0.6) is 11.5 Å². The van der Waals surface area contributed by atoms with Gasteiger partial charge in [-0.15, -0.1) is 0 Å². The van der Waals surface area contributed by atoms with Crippen molar-refractivity contribution in [3.63, 3.8) is 0 Å². The molecule has 0 saturated carbocycles. The van der Waals surface area contributed by atoms with Crippen LogP contribution in [0.1, 0.15) is 5.56 Å². The van der Waals surface area contributed by atoms with Gasteiger partial charge in [0.15, 0.2) is 17.1 Å². The molecule has 164 valence electrons. The summed E-state index contributed by atoms with van der Waals surface area (Å²) in [5.74, 6) is 1.47. The molecule has 0 aliphatic carbocycles. The first-order chi connectivity index (χ1) is 15.1. The molecule has 1 aromatic carbocycles. The molecule has 0 unspecified atom stereocenters. The first-order valence-electron chi connectivity index (χ1n) is 10.8. The SMILES string of the molecule is COc1cc(-c2cnn3cc(N4CC(N5CCN(C)CC5)C4)cnc23)cc(C)c1OC. The zero-order valence-electron chi connectivity index (χ0n) is 18.7. The molecule has 8 heteroatoms. The van der Waals surface area contributed by atoms with Crippen LogP contribution in [0.3, 0.4) is 0 Å². The maximum atomic E-state index is 5.52. The fourth-order valence-corrected chi connectivity index (χ4v) is 4.63. The number of ether oxygens (including phenoxy) is 2. The Morgan fingerprint density at radius 2 is 1.77 bits per heavy atom. The second kappa shape index (κ2) is 8.01. The molecule has 4 heterocycles. The zero-order chi connectivity index (χ0) is 21.5. The van der Waals surface area contributed by atoms with E-state index in [1.54, 1.807) is 14.2 Å². The number of likely N-dealkylation sites (N-methyl/N-ethyl adjacent to an activating group) is 1. The molecule has 0 amide bonds. The molecule has 2 aliphatic rings. The van der Waals surface area contributed by atoms with Crippen LogP contribution in [0.4, 0.5) is 5.69 Å². The number of rotatable bonds is 5. The third-order valence-corrected chi connectivity index (χ3v) is 6.60. The van der Waals surface area contributed by atoms with E-state index in [0.29, 0.717) is 11.8 Å². The zero-order valence-corrected chi connectivity index (χ0v) is 18.7. The van der Waals surface area contributed by atoms with Crippen molar-refractivity contribution >= 4 is 11.3 Å². The molecule has 0 bridgehead atoms. The van der Waals surface area contributed by atoms with Crippen molar-refractivity contribution in [1.29, 1.82) is 0 Å². The molecule has 2 aliphatic heterocycles. The molecule has 0 N–H and O–H groups in total. The van der Waals surface area contributed by atoms with Crippen molar-refractivity contribution in [2.45, 2.75) is 13.0 Å². The van der Waals surface area contributed by atoms with Crippen LogP contribution in [-0.2, 0) is 0 Å². The first kappa shape index (κ1) is 20.1. The normalized spacial score (nSPS) is 18.4. The van der Waals surface area contributed by atoms with E-state index in [0.717, 1.165) is 60.0 Å². The van der Waals surface area contributed by atoms with Crippen LogP contribution in [-0.4, -0.2) is 91.0 Å². The van der Waals surface area contributed by atoms with E-state index in [2.05, 4.69) is 39.1 Å². The highest BCUT2D eigenvalue weighted by Crippen LogP contribution is 2.37. The Hall–Kier alpha value is -2.84. The Kier molecular flexibility index (Phi) is 5.19. The topological polar surface area (TPSA) is 58.4 Å². The average molecular weight is 423 g/mol. The Morgan fingerprint density at radius 3 is 2.48 bits per heavy atom. The van der Waals surface area contributed by atoms with Crippen LogP contribution in [0.25, 0.3) is 16.8 Å². The molecular formula is C23H30N6O2. The molecule has 2 saturated heterocycles. The minimum absolute atomic E-state index is 0.646. The van der Waals surface area contributed by atoms with Crippen molar-refractivity contribution in [3.05, 3.63) is 36.3 Å². The van der Waals surface area contributed by atoms with Crippen molar-refractivity contribution in [3.8, 4) is 22.6 Å². The minimum Gasteiger partial charge on any atom is -0.493 e. The summed E-state index contributed by atoms with van der Waals surface area (Å²) in [5.41, 5.74) is 4.98. The largest absolute Gasteiger partial charge is 0.493 e. The number of anilines is 1. The lowest BCUT2D eigenvalue weighted by molar-refractivity contribution is 0.0963. The van der Waals surface area contributed by atoms with Crippen molar-refractivity contribution < 1.29 is 9.47 Å². The molecular weight excluding hydrogens is 392 g/mol. The minimum atomic E-state index is 0.646. The van der Waals surface area contributed by atoms with E-state index in [1.165, 1.54) is 13.1 Å². The van der Waals surface area contributed by atoms with Gasteiger partial charge in [-0.25, -0.2) is 9.50 Å². The van der Waals surface area contributed by atoms with Gasteiger partial charge >= 0.3 is 0 Å². The van der Waals surface area contributed by atoms with E-state index in [1.807, 2.05) is 29.9 Å². The van der Waals surface area contributed by atoms with Crippen LogP contribution in [0.15, 0.2) is 30.7 Å². The number of fused-ring (bicyclic) bond motifs is 1. The van der Waals surface area contributed by atoms with Gasteiger partial charge < -0.3 is 19.3 Å². The van der Waals surface area contributed by atoms with Gasteiger partial charge in [-0.05, 0) is 37.2 Å². The van der Waals surface area contributed by atoms with Crippen molar-refractivity contribution in [2.24, 2.45) is 0 Å². The maximum Gasteiger partial charge on any atom is 0.163 e. The van der Waals surface area contributed by atoms with Crippen LogP contribution >= 0.6 is 0 Å². The number of aromatic nitrogens is 3. The van der Waals surface area contributed by atoms with Crippen LogP contribution in [0, 0.1) is 6.92 Å². The van der Waals surface area contributed by atoms with E-state index in [4.69, 9.17) is 14.5 Å². The van der Waals surface area contributed by atoms with Gasteiger partial charge in [0.05, 0.1) is 38.5 Å². The van der Waals surface area contributed by atoms with Gasteiger partial charge in [0.1, 0.15) is 0 Å². The van der Waals surface area contributed by atoms with Crippen molar-refractivity contribution in [2.75, 3.05) is 65.4 Å². The highest BCUT2D eigenvalue weighted by atomic mass is 16.5. The molecule has 0 atom stereocenters. The molecule has 2 fully saturated rings. The quantitative estimate of drug-likeness (QED) is 0.625. The summed E-state index contributed by atoms with van der Waals surface area (Å²) >= 11 is 0. The lowest BCUT2D eigenvalue weighted by atomic mass is 10.0. The van der Waals surface area contributed by atoms with Gasteiger partial charge in [-0.1, -0.05) is 0 Å². The Morgan fingerprint density at radius 1 is 1.00 bits per heavy atom. The Bertz CT molecular complexity index is 1080. The molecule has 3 aromatic rings. The fraction of sp³-hybridized carbons (Fsp3) is 0.478. The van der Waals surface area contributed by atoms with Crippen LogP contribution in [0.2, 0.25) is 0 Å². The third kappa shape index (κ3) is 3.59. The summed E-state index contributed by atoms with van der Waals surface area (Å²) in [5, 5.41) is 4.58. The molecule has 2 aromatic heterocycles. The summed E-state index contributed by atoms with van der Waals surface area (Å²) < 4.78 is 12.9. The monoisotopic (exact) mass is 422 g/mol. The van der Waals surface area contributed by atoms with E-state index in [9.17, 15) is 0 Å². The Labute approximate surface area is 183 Å². The summed E-state index contributed by atoms with van der Waals surface area (Å²) in [6.07, 6.45) is 5.92. The summed E-state index contributed by atoms with van der Waals surface area (Å²) in [6.45, 7) is 8.78. The summed E-state index contributed by atoms with van der Waals surface area (Å²) in [6, 6.07) is 4.71. The second-order valence-corrected chi connectivity index (χ2v) is 8.57. The predicted molar refractivity (Wildman–Crippen MR) is 121 cm³/mol. The average Bonchev–Trinajstić information content (AvgIpc) is 3.17. The third-order valence-electron chi connectivity index (χ3n) is 6.60. The number of nitrogens with zero attached hydrogens (tertiary/aromatic N) is 6. The number of piperazine rings is 1. The van der Waals surface area contributed by atoms with Gasteiger partial charge in [0.2, 0.25) is 0 Å². The molecule has 0 spiro atoms. The number of benzene rings is 1. The van der Waals surface area contributed by atoms with Gasteiger partial charge in [0.25, 0.3) is 0 Å². The fourth-order valence-electron chi connectivity index (χ4n) is 4.63. The van der Waals surface area contributed by atoms with Gasteiger partial charge in [-0.2, -0.15) is 5.10 Å². The van der Waals surface area contributed by atoms with Gasteiger partial charge in [0, 0.05) is 50.9 Å². The second-order valence-electron chi connectivity index (χ2n) is 8.57. The molecule has 31 heavy (non-hydrogen) atoms. The smallest absolute Gasteiger partial charge is 0.163 e. The molecule has 5 rings (SSSR count). The molecule has 8 nitrogen and oxygen atoms in total. The lowest BCUT2D eigenvalue weighted by Gasteiger charge is -2.48. The highest BCUT2D eigenvalue weighted by Gasteiger charge is 2.33. The number of aryl methyl sites for hydroxylation is 1. The number of hydrogen-bond donors (Lipinski definition) is 0. The maximum absolute atomic E-state index is 5.52. The number of hydrogen-bond acceptors (Lipinski definition) is 7. The number of methoxy groups -OCH3 is 2. The standard InChI is InChI=1S/C23H30N6O2/c1-16-9-17(10-21(30-3)22(16)31-4)20-12-25-29-15-18(11-24-23(20)29)28-13-19(14-28)27-7-5-26(2)6-8-27/h9-12,15,19H,5-8,13-14H2,1-4H3. The van der Waals surface area contributed by atoms with Crippen molar-refractivity contribution in [1.82, 2.24) is 24.4 Å². The van der Waals surface area contributed by atoms with Gasteiger partial charge in [-0.3, -0.25) is 4.90 Å². The van der Waals surface area contributed by atoms with Crippen LogP contribution < -0.4 is 14.4 Å². The Balaban J connectivity index is 1.35. The first-order valence-corrected chi connectivity index (χ1v) is 10.8. The lowest BCUT2D eigenvalue weighted by Crippen LogP contribution is -2.63. The van der Waals surface area contributed by atoms with E-state index in [-0.39, 0.29) is 0 Å². The highest BCUT2D eigenvalue weighted by molar-refractivity contribution is 5.79. The summed E-state index contributed by atoms with van der Waals surface area (Å²) in [4.78, 5) is 12.2. The summed E-state index contributed by atoms with van der Waals surface area (Å²) in [7, 11) is 5.52. The predicted octanol–water partition coefficient (Wildman–Crippen LogP) is 2.16. The van der Waals surface area contributed by atoms with E-state index >= 15 is 0 Å². The van der Waals surface area contributed by atoms with E-state index < -0.39 is 0 Å².